The average Bonchev–Trinajstić information content (AvgIpc) is 2.77. The molecule has 1 amide bonds. The third-order valence-electron chi connectivity index (χ3n) is 3.40. The zero-order chi connectivity index (χ0) is 20.1. The third-order valence-corrected chi connectivity index (χ3v) is 5.94. The molecule has 0 aliphatic rings. The van der Waals surface area contributed by atoms with Gasteiger partial charge in [-0.3, -0.25) is 0 Å². The summed E-state index contributed by atoms with van der Waals surface area (Å²) in [5.74, 6) is 0. The minimum absolute atomic E-state index is 0.238. The number of carbonyl (C=O) groups is 1. The first-order chi connectivity index (χ1) is 11.8. The number of carbonyl (C=O) groups excluding carboxylic acids is 1. The van der Waals surface area contributed by atoms with Gasteiger partial charge in [0.15, 0.2) is 5.69 Å². The summed E-state index contributed by atoms with van der Waals surface area (Å²) in [5, 5.41) is 13.5. The van der Waals surface area contributed by atoms with E-state index in [1.54, 1.807) is 11.7 Å². The van der Waals surface area contributed by atoms with Gasteiger partial charge in [-0.15, -0.1) is 0 Å². The van der Waals surface area contributed by atoms with E-state index in [1.165, 1.54) is 4.90 Å². The van der Waals surface area contributed by atoms with Crippen LogP contribution in [0.2, 0.25) is 25.7 Å². The molecule has 1 aromatic heterocycles. The zero-order valence-corrected chi connectivity index (χ0v) is 19.3. The highest BCUT2D eigenvalue weighted by atomic mass is 79.9. The molecule has 1 aromatic rings. The average molecular weight is 445 g/mol. The second-order valence-electron chi connectivity index (χ2n) is 8.41. The molecule has 0 aromatic carbocycles. The fourth-order valence-electron chi connectivity index (χ4n) is 1.96. The Hall–Kier alpha value is -1.37. The number of aromatic nitrogens is 2. The van der Waals surface area contributed by atoms with Crippen LogP contribution in [0.5, 0.6) is 0 Å². The second kappa shape index (κ2) is 9.02. The molecule has 0 aliphatic carbocycles. The van der Waals surface area contributed by atoms with E-state index in [0.29, 0.717) is 16.8 Å². The van der Waals surface area contributed by atoms with Crippen LogP contribution in [0.25, 0.3) is 0 Å². The number of amides is 1. The summed E-state index contributed by atoms with van der Waals surface area (Å²) in [4.78, 5) is 13.7. The van der Waals surface area contributed by atoms with Crippen molar-refractivity contribution in [3.63, 3.8) is 0 Å². The Morgan fingerprint density at radius 3 is 2.50 bits per heavy atom. The van der Waals surface area contributed by atoms with Gasteiger partial charge in [0.2, 0.25) is 0 Å². The first kappa shape index (κ1) is 22.7. The van der Waals surface area contributed by atoms with Gasteiger partial charge in [0.05, 0.1) is 16.7 Å². The van der Waals surface area contributed by atoms with E-state index in [0.717, 1.165) is 6.04 Å². The minimum atomic E-state index is -1.17. The monoisotopic (exact) mass is 444 g/mol. The number of nitrogens with zero attached hydrogens (tertiary/aromatic N) is 4. The number of nitriles is 1. The van der Waals surface area contributed by atoms with Gasteiger partial charge in [-0.05, 0) is 42.7 Å². The molecule has 0 radical (unpaired) electrons. The molecule has 7 nitrogen and oxygen atoms in total. The lowest BCUT2D eigenvalue weighted by atomic mass is 10.2. The van der Waals surface area contributed by atoms with E-state index in [1.807, 2.05) is 26.8 Å². The van der Waals surface area contributed by atoms with Crippen molar-refractivity contribution >= 4 is 30.1 Å². The molecular formula is C17H29BrN4O3Si. The summed E-state index contributed by atoms with van der Waals surface area (Å²) in [6, 6.07) is 3.10. The predicted octanol–water partition coefficient (Wildman–Crippen LogP) is 4.20. The van der Waals surface area contributed by atoms with Gasteiger partial charge in [0, 0.05) is 21.7 Å². The Kier molecular flexibility index (Phi) is 7.86. The first-order valence-electron chi connectivity index (χ1n) is 8.51. The largest absolute Gasteiger partial charge is 0.444 e. The van der Waals surface area contributed by atoms with Crippen molar-refractivity contribution in [1.82, 2.24) is 14.7 Å². The topological polar surface area (TPSA) is 80.4 Å². The lowest BCUT2D eigenvalue weighted by molar-refractivity contribution is 0.0270. The molecule has 1 heterocycles. The minimum Gasteiger partial charge on any atom is -0.444 e. The van der Waals surface area contributed by atoms with Crippen molar-refractivity contribution < 1.29 is 14.3 Å². The number of rotatable bonds is 7. The highest BCUT2D eigenvalue weighted by Crippen LogP contribution is 2.23. The van der Waals surface area contributed by atoms with Crippen molar-refractivity contribution in [2.45, 2.75) is 65.3 Å². The quantitative estimate of drug-likeness (QED) is 0.464. The molecule has 0 bridgehead atoms. The van der Waals surface area contributed by atoms with Gasteiger partial charge >= 0.3 is 6.09 Å². The van der Waals surface area contributed by atoms with Crippen LogP contribution >= 0.6 is 15.9 Å². The van der Waals surface area contributed by atoms with Crippen LogP contribution in [0, 0.1) is 11.3 Å². The van der Waals surface area contributed by atoms with Crippen LogP contribution in [0.15, 0.2) is 4.47 Å². The first-order valence-corrected chi connectivity index (χ1v) is 13.0. The molecule has 0 unspecified atom stereocenters. The molecule has 0 aliphatic heterocycles. The summed E-state index contributed by atoms with van der Waals surface area (Å²) in [7, 11) is 0.478. The summed E-state index contributed by atoms with van der Waals surface area (Å²) < 4.78 is 13.3. The van der Waals surface area contributed by atoms with Crippen molar-refractivity contribution in [2.24, 2.45) is 0 Å². The molecule has 9 heteroatoms. The maximum atomic E-state index is 12.2. The van der Waals surface area contributed by atoms with Crippen LogP contribution in [0.3, 0.4) is 0 Å². The molecule has 146 valence electrons. The molecule has 0 saturated heterocycles. The Balaban J connectivity index is 2.84. The van der Waals surface area contributed by atoms with Crippen molar-refractivity contribution in [3.05, 3.63) is 15.9 Å². The van der Waals surface area contributed by atoms with Crippen molar-refractivity contribution in [3.8, 4) is 6.07 Å². The van der Waals surface area contributed by atoms with E-state index in [2.05, 4.69) is 40.7 Å². The van der Waals surface area contributed by atoms with E-state index in [-0.39, 0.29) is 19.0 Å². The SMILES string of the molecule is CN(Cc1c(Br)c(C#N)nn1COCC[Si](C)(C)C)C(=O)OC(C)(C)C. The second-order valence-corrected chi connectivity index (χ2v) is 14.8. The van der Waals surface area contributed by atoms with Crippen molar-refractivity contribution in [1.29, 1.82) is 5.26 Å². The van der Waals surface area contributed by atoms with E-state index in [4.69, 9.17) is 9.47 Å². The lowest BCUT2D eigenvalue weighted by Crippen LogP contribution is -2.34. The predicted molar refractivity (Wildman–Crippen MR) is 106 cm³/mol. The molecule has 0 saturated carbocycles. The summed E-state index contributed by atoms with van der Waals surface area (Å²) in [6.07, 6.45) is -0.435. The Morgan fingerprint density at radius 2 is 2.00 bits per heavy atom. The van der Waals surface area contributed by atoms with Crippen LogP contribution < -0.4 is 0 Å². The fourth-order valence-corrected chi connectivity index (χ4v) is 3.22. The molecule has 0 spiro atoms. The number of hydrogen-bond acceptors (Lipinski definition) is 5. The van der Waals surface area contributed by atoms with Gasteiger partial charge in [-0.25, -0.2) is 9.48 Å². The summed E-state index contributed by atoms with van der Waals surface area (Å²) >= 11 is 3.41. The molecule has 26 heavy (non-hydrogen) atoms. The zero-order valence-electron chi connectivity index (χ0n) is 16.7. The Bertz CT molecular complexity index is 671. The van der Waals surface area contributed by atoms with Crippen molar-refractivity contribution in [2.75, 3.05) is 13.7 Å². The van der Waals surface area contributed by atoms with Gasteiger partial charge in [-0.2, -0.15) is 10.4 Å². The maximum Gasteiger partial charge on any atom is 0.410 e. The standard InChI is InChI=1S/C17H29BrN4O3Si/c1-17(2,3)25-16(23)21(4)11-14-15(18)13(10-19)20-22(14)12-24-8-9-26(5,6)7/h8-9,11-12H2,1-7H3. The van der Waals surface area contributed by atoms with E-state index in [9.17, 15) is 10.1 Å². The molecule has 0 N–H and O–H groups in total. The van der Waals surface area contributed by atoms with Crippen LogP contribution in [0.1, 0.15) is 32.2 Å². The smallest absolute Gasteiger partial charge is 0.410 e. The lowest BCUT2D eigenvalue weighted by Gasteiger charge is -2.25. The van der Waals surface area contributed by atoms with Gasteiger partial charge < -0.3 is 14.4 Å². The number of ether oxygens (including phenoxy) is 2. The Morgan fingerprint density at radius 1 is 1.38 bits per heavy atom. The summed E-state index contributed by atoms with van der Waals surface area (Å²) in [6.45, 7) is 13.5. The third kappa shape index (κ3) is 7.48. The molecular weight excluding hydrogens is 416 g/mol. The van der Waals surface area contributed by atoms with E-state index < -0.39 is 19.8 Å². The van der Waals surface area contributed by atoms with Gasteiger partial charge in [0.25, 0.3) is 0 Å². The van der Waals surface area contributed by atoms with Gasteiger partial charge in [0.1, 0.15) is 18.4 Å². The summed E-state index contributed by atoms with van der Waals surface area (Å²) in [5.41, 5.74) is 0.398. The van der Waals surface area contributed by atoms with Crippen LogP contribution in [-0.4, -0.2) is 48.1 Å². The normalized spacial score (nSPS) is 12.0. The van der Waals surface area contributed by atoms with Crippen LogP contribution in [-0.2, 0) is 22.7 Å². The molecule has 1 rings (SSSR count). The molecule has 0 atom stereocenters. The highest BCUT2D eigenvalue weighted by molar-refractivity contribution is 9.10. The maximum absolute atomic E-state index is 12.2. The number of halogens is 1. The highest BCUT2D eigenvalue weighted by Gasteiger charge is 2.23. The van der Waals surface area contributed by atoms with E-state index >= 15 is 0 Å². The fraction of sp³-hybridized carbons (Fsp3) is 0.706. The Labute approximate surface area is 165 Å². The molecule has 0 fully saturated rings. The van der Waals surface area contributed by atoms with Gasteiger partial charge in [-0.1, -0.05) is 19.6 Å². The number of hydrogen-bond donors (Lipinski definition) is 0. The van der Waals surface area contributed by atoms with Crippen LogP contribution in [0.4, 0.5) is 4.79 Å².